The molecule has 2 bridgehead atoms. The van der Waals surface area contributed by atoms with Crippen LogP contribution in [-0.2, 0) is 36.6 Å². The summed E-state index contributed by atoms with van der Waals surface area (Å²) in [5.41, 5.74) is 3.18. The second-order valence-corrected chi connectivity index (χ2v) is 8.76. The molecule has 2 aromatic carbocycles. The second-order valence-electron chi connectivity index (χ2n) is 7.89. The Bertz CT molecular complexity index is 986. The van der Waals surface area contributed by atoms with E-state index in [-0.39, 0.29) is 11.9 Å². The van der Waals surface area contributed by atoms with Crippen LogP contribution in [-0.4, -0.2) is 25.2 Å². The highest BCUT2D eigenvalue weighted by molar-refractivity contribution is 6.31. The van der Waals surface area contributed by atoms with Gasteiger partial charge in [0.2, 0.25) is 12.6 Å². The number of benzene rings is 2. The number of hydrogen-bond acceptors (Lipinski definition) is 7. The van der Waals surface area contributed by atoms with E-state index in [1.165, 1.54) is 13.8 Å². The first-order valence-corrected chi connectivity index (χ1v) is 11.5. The van der Waals surface area contributed by atoms with Gasteiger partial charge in [-0.25, -0.2) is 0 Å². The molecule has 0 spiro atoms. The third-order valence-electron chi connectivity index (χ3n) is 5.32. The topological polar surface area (TPSA) is 80.3 Å². The lowest BCUT2D eigenvalue weighted by Crippen LogP contribution is -2.31. The Balaban J connectivity index is 1.57. The van der Waals surface area contributed by atoms with Crippen LogP contribution in [0.2, 0.25) is 10.0 Å². The second kappa shape index (κ2) is 10.2. The van der Waals surface area contributed by atoms with Gasteiger partial charge >= 0.3 is 11.9 Å². The van der Waals surface area contributed by atoms with Gasteiger partial charge in [0.25, 0.3) is 0 Å². The molecule has 0 aliphatic carbocycles. The summed E-state index contributed by atoms with van der Waals surface area (Å²) < 4.78 is 28.6. The van der Waals surface area contributed by atoms with Crippen LogP contribution in [0.15, 0.2) is 24.3 Å². The van der Waals surface area contributed by atoms with Gasteiger partial charge in [0, 0.05) is 23.9 Å². The number of halogens is 2. The average Bonchev–Trinajstić information content (AvgIpc) is 2.75. The molecule has 0 fully saturated rings. The van der Waals surface area contributed by atoms with Crippen molar-refractivity contribution in [3.63, 3.8) is 0 Å². The van der Waals surface area contributed by atoms with Crippen LogP contribution in [0, 0.1) is 0 Å². The molecule has 2 unspecified atom stereocenters. The van der Waals surface area contributed by atoms with Crippen molar-refractivity contribution in [2.24, 2.45) is 0 Å². The minimum Gasteiger partial charge on any atom is -0.466 e. The molecule has 7 nitrogen and oxygen atoms in total. The Morgan fingerprint density at radius 1 is 0.788 bits per heavy atom. The van der Waals surface area contributed by atoms with Crippen LogP contribution in [0.25, 0.3) is 0 Å². The highest BCUT2D eigenvalue weighted by Gasteiger charge is 2.40. The lowest BCUT2D eigenvalue weighted by atomic mass is 9.99. The molecule has 2 atom stereocenters. The summed E-state index contributed by atoms with van der Waals surface area (Å²) in [4.78, 5) is 22.1. The summed E-state index contributed by atoms with van der Waals surface area (Å²) in [5, 5.41) is 1.07. The Morgan fingerprint density at radius 2 is 1.21 bits per heavy atom. The van der Waals surface area contributed by atoms with Crippen molar-refractivity contribution in [2.75, 3.05) is 13.2 Å². The maximum Gasteiger partial charge on any atom is 0.302 e. The number of aryl methyl sites for hydroxylation is 2. The zero-order valence-corrected chi connectivity index (χ0v) is 19.8. The molecule has 2 heterocycles. The normalized spacial score (nSPS) is 17.8. The number of ether oxygens (including phenoxy) is 5. The monoisotopic (exact) mass is 494 g/mol. The highest BCUT2D eigenvalue weighted by atomic mass is 35.5. The predicted octanol–water partition coefficient (Wildman–Crippen LogP) is 5.48. The maximum atomic E-state index is 11.0. The van der Waals surface area contributed by atoms with E-state index in [1.807, 2.05) is 12.1 Å². The average molecular weight is 495 g/mol. The van der Waals surface area contributed by atoms with Gasteiger partial charge in [-0.15, -0.1) is 0 Å². The smallest absolute Gasteiger partial charge is 0.302 e. The number of fused-ring (bicyclic) bond motifs is 6. The van der Waals surface area contributed by atoms with E-state index in [4.69, 9.17) is 46.9 Å². The molecule has 4 rings (SSSR count). The third kappa shape index (κ3) is 5.54. The fourth-order valence-electron chi connectivity index (χ4n) is 3.97. The van der Waals surface area contributed by atoms with E-state index in [2.05, 4.69) is 0 Å². The number of carbonyl (C=O) groups excluding carboxylic acids is 2. The summed E-state index contributed by atoms with van der Waals surface area (Å²) in [6, 6.07) is 7.23. The fraction of sp³-hybridized carbons (Fsp3) is 0.417. The largest absolute Gasteiger partial charge is 0.466 e. The van der Waals surface area contributed by atoms with E-state index < -0.39 is 12.6 Å². The van der Waals surface area contributed by atoms with E-state index in [9.17, 15) is 9.59 Å². The zero-order valence-electron chi connectivity index (χ0n) is 18.3. The van der Waals surface area contributed by atoms with Crippen LogP contribution in [0.1, 0.15) is 61.5 Å². The first kappa shape index (κ1) is 23.7. The quantitative estimate of drug-likeness (QED) is 0.354. The van der Waals surface area contributed by atoms with E-state index in [0.717, 1.165) is 11.1 Å². The van der Waals surface area contributed by atoms with Crippen molar-refractivity contribution in [1.29, 1.82) is 0 Å². The van der Waals surface area contributed by atoms with E-state index >= 15 is 0 Å². The molecule has 0 amide bonds. The summed E-state index contributed by atoms with van der Waals surface area (Å²) in [5.74, 6) is 0.691. The molecule has 0 N–H and O–H groups in total. The van der Waals surface area contributed by atoms with Crippen molar-refractivity contribution < 1.29 is 33.3 Å². The van der Waals surface area contributed by atoms with Gasteiger partial charge in [-0.2, -0.15) is 0 Å². The van der Waals surface area contributed by atoms with Crippen molar-refractivity contribution in [1.82, 2.24) is 0 Å². The molecule has 33 heavy (non-hydrogen) atoms. The zero-order chi connectivity index (χ0) is 23.5. The number of hydrogen-bond donors (Lipinski definition) is 0. The standard InChI is InChI=1S/C24H24Cl2O7/c1-13(27)29-7-3-5-15-9-17(25)11-19-21(15)31-24-20-12-18(26)10-16(6-4-8-30-14(2)28)22(20)32-23(19)33-24/h9-12,23-24H,3-8H2,1-2H3. The number of rotatable bonds is 8. The minimum absolute atomic E-state index is 0.311. The molecule has 2 aliphatic heterocycles. The molecule has 9 heteroatoms. The molecule has 2 aliphatic rings. The van der Waals surface area contributed by atoms with Crippen molar-refractivity contribution in [3.05, 3.63) is 56.6 Å². The number of esters is 2. The van der Waals surface area contributed by atoms with Crippen molar-refractivity contribution in [2.45, 2.75) is 52.1 Å². The van der Waals surface area contributed by atoms with Crippen LogP contribution < -0.4 is 9.47 Å². The summed E-state index contributed by atoms with van der Waals surface area (Å²) in [7, 11) is 0. The summed E-state index contributed by atoms with van der Waals surface area (Å²) in [6.07, 6.45) is 1.10. The molecule has 2 aromatic rings. The molecule has 176 valence electrons. The van der Waals surface area contributed by atoms with Gasteiger partial charge in [0.15, 0.2) is 0 Å². The van der Waals surface area contributed by atoms with Gasteiger partial charge in [-0.05, 0) is 61.1 Å². The predicted molar refractivity (Wildman–Crippen MR) is 121 cm³/mol. The van der Waals surface area contributed by atoms with Gasteiger partial charge in [-0.3, -0.25) is 14.3 Å². The first-order valence-electron chi connectivity index (χ1n) is 10.7. The van der Waals surface area contributed by atoms with Gasteiger partial charge in [0.05, 0.1) is 24.3 Å². The molecular formula is C24H24Cl2O7. The van der Waals surface area contributed by atoms with Crippen LogP contribution >= 0.6 is 23.2 Å². The minimum atomic E-state index is -0.689. The third-order valence-corrected chi connectivity index (χ3v) is 5.75. The van der Waals surface area contributed by atoms with Crippen LogP contribution in [0.5, 0.6) is 11.5 Å². The van der Waals surface area contributed by atoms with E-state index in [1.54, 1.807) is 12.1 Å². The van der Waals surface area contributed by atoms with Crippen LogP contribution in [0.3, 0.4) is 0 Å². The lowest BCUT2D eigenvalue weighted by molar-refractivity contribution is -0.228. The Hall–Kier alpha value is -2.48. The lowest BCUT2D eigenvalue weighted by Gasteiger charge is -2.39. The molecule has 0 saturated carbocycles. The summed E-state index contributed by atoms with van der Waals surface area (Å²) in [6.45, 7) is 3.39. The Labute approximate surface area is 201 Å². The Kier molecular flexibility index (Phi) is 7.32. The Morgan fingerprint density at radius 3 is 1.61 bits per heavy atom. The first-order chi connectivity index (χ1) is 15.8. The van der Waals surface area contributed by atoms with Gasteiger partial charge < -0.3 is 18.9 Å². The van der Waals surface area contributed by atoms with Gasteiger partial charge in [0.1, 0.15) is 11.5 Å². The molecule has 0 radical (unpaired) electrons. The van der Waals surface area contributed by atoms with Crippen molar-refractivity contribution in [3.8, 4) is 11.5 Å². The summed E-state index contributed by atoms with van der Waals surface area (Å²) >= 11 is 12.7. The van der Waals surface area contributed by atoms with Crippen LogP contribution in [0.4, 0.5) is 0 Å². The molecular weight excluding hydrogens is 471 g/mol. The SMILES string of the molecule is CC(=O)OCCCc1cc(Cl)cc2c1OC1OC2Oc2c(CCCOC(C)=O)cc(Cl)cc21. The van der Waals surface area contributed by atoms with Crippen molar-refractivity contribution >= 4 is 35.1 Å². The van der Waals surface area contributed by atoms with E-state index in [0.29, 0.717) is 71.6 Å². The van der Waals surface area contributed by atoms with Gasteiger partial charge in [-0.1, -0.05) is 23.2 Å². The maximum absolute atomic E-state index is 11.0. The molecule has 0 aromatic heterocycles. The number of carbonyl (C=O) groups is 2. The molecule has 0 saturated heterocycles. The fourth-order valence-corrected chi connectivity index (χ4v) is 4.47. The highest BCUT2D eigenvalue weighted by Crippen LogP contribution is 2.51.